The quantitative estimate of drug-likeness (QED) is 0.639. The van der Waals surface area contributed by atoms with Gasteiger partial charge in [0.2, 0.25) is 0 Å². The second-order valence-electron chi connectivity index (χ2n) is 9.26. The number of nitrogens with one attached hydrogen (secondary N) is 1. The molecule has 1 aliphatic heterocycles. The van der Waals surface area contributed by atoms with Crippen molar-refractivity contribution in [1.82, 2.24) is 9.97 Å². The predicted molar refractivity (Wildman–Crippen MR) is 123 cm³/mol. The lowest BCUT2D eigenvalue weighted by Gasteiger charge is -2.32. The maximum atomic E-state index is 6.24. The van der Waals surface area contributed by atoms with E-state index in [1.165, 1.54) is 11.1 Å². The van der Waals surface area contributed by atoms with Crippen LogP contribution in [0.15, 0.2) is 42.5 Å². The summed E-state index contributed by atoms with van der Waals surface area (Å²) in [6.45, 7) is 14.4. The molecule has 2 heterocycles. The Morgan fingerprint density at radius 3 is 2.30 bits per heavy atom. The number of rotatable bonds is 4. The summed E-state index contributed by atoms with van der Waals surface area (Å²) in [6, 6.07) is 14.8. The third kappa shape index (κ3) is 3.82. The Morgan fingerprint density at radius 1 is 0.933 bits per heavy atom. The van der Waals surface area contributed by atoms with Gasteiger partial charge >= 0.3 is 7.12 Å². The Hall–Kier alpha value is -2.44. The zero-order chi connectivity index (χ0) is 21.7. The van der Waals surface area contributed by atoms with Crippen LogP contribution >= 0.6 is 0 Å². The molecule has 156 valence electrons. The van der Waals surface area contributed by atoms with Crippen molar-refractivity contribution in [2.75, 3.05) is 5.32 Å². The average molecular weight is 403 g/mol. The maximum absolute atomic E-state index is 6.24. The summed E-state index contributed by atoms with van der Waals surface area (Å²) in [6.07, 6.45) is 0. The molecule has 4 rings (SSSR count). The minimum atomic E-state index is -0.414. The average Bonchev–Trinajstić information content (AvgIpc) is 2.88. The van der Waals surface area contributed by atoms with Crippen LogP contribution in [0, 0.1) is 13.8 Å². The van der Waals surface area contributed by atoms with E-state index in [4.69, 9.17) is 14.3 Å². The lowest BCUT2D eigenvalue weighted by Crippen LogP contribution is -2.41. The first-order chi connectivity index (χ1) is 14.1. The normalized spacial score (nSPS) is 18.6. The minimum absolute atomic E-state index is 0.114. The fraction of sp³-hybridized carbons (Fsp3) is 0.417. The molecule has 3 aromatic rings. The SMILES string of the molecule is Cc1cccc([C@@H](C)Nc2nc(C)nc3ccc(B4OC(C)(C)C(C)(C)O4)cc23)c1. The molecule has 0 aliphatic carbocycles. The molecule has 1 fully saturated rings. The van der Waals surface area contributed by atoms with E-state index in [1.807, 2.05) is 19.1 Å². The fourth-order valence-corrected chi connectivity index (χ4v) is 3.73. The van der Waals surface area contributed by atoms with Gasteiger partial charge < -0.3 is 14.6 Å². The van der Waals surface area contributed by atoms with E-state index in [0.29, 0.717) is 0 Å². The van der Waals surface area contributed by atoms with E-state index in [-0.39, 0.29) is 17.2 Å². The maximum Gasteiger partial charge on any atom is 0.494 e. The van der Waals surface area contributed by atoms with Crippen molar-refractivity contribution >= 4 is 29.3 Å². The molecule has 0 saturated carbocycles. The van der Waals surface area contributed by atoms with E-state index in [2.05, 4.69) is 82.2 Å². The molecule has 5 nitrogen and oxygen atoms in total. The fourth-order valence-electron chi connectivity index (χ4n) is 3.73. The summed E-state index contributed by atoms with van der Waals surface area (Å²) < 4.78 is 12.5. The minimum Gasteiger partial charge on any atom is -0.399 e. The lowest BCUT2D eigenvalue weighted by molar-refractivity contribution is 0.00578. The van der Waals surface area contributed by atoms with Crippen molar-refractivity contribution in [3.8, 4) is 0 Å². The number of anilines is 1. The highest BCUT2D eigenvalue weighted by Gasteiger charge is 2.51. The van der Waals surface area contributed by atoms with Gasteiger partial charge in [-0.15, -0.1) is 0 Å². The molecule has 1 atom stereocenters. The molecule has 1 aliphatic rings. The molecule has 0 unspecified atom stereocenters. The van der Waals surface area contributed by atoms with E-state index >= 15 is 0 Å². The molecule has 0 spiro atoms. The topological polar surface area (TPSA) is 56.3 Å². The number of nitrogens with zero attached hydrogens (tertiary/aromatic N) is 2. The van der Waals surface area contributed by atoms with E-state index in [0.717, 1.165) is 28.0 Å². The smallest absolute Gasteiger partial charge is 0.399 e. The zero-order valence-electron chi connectivity index (χ0n) is 18.9. The Balaban J connectivity index is 1.71. The van der Waals surface area contributed by atoms with Crippen LogP contribution in [0.3, 0.4) is 0 Å². The molecule has 6 heteroatoms. The summed E-state index contributed by atoms with van der Waals surface area (Å²) in [5.74, 6) is 1.56. The molecule has 0 radical (unpaired) electrons. The summed E-state index contributed by atoms with van der Waals surface area (Å²) in [7, 11) is -0.414. The number of aryl methyl sites for hydroxylation is 2. The van der Waals surface area contributed by atoms with Crippen LogP contribution in [0.1, 0.15) is 57.6 Å². The van der Waals surface area contributed by atoms with E-state index < -0.39 is 7.12 Å². The van der Waals surface area contributed by atoms with Gasteiger partial charge in [-0.3, -0.25) is 0 Å². The van der Waals surface area contributed by atoms with Gasteiger partial charge in [0, 0.05) is 11.4 Å². The molecule has 0 bridgehead atoms. The van der Waals surface area contributed by atoms with Crippen LogP contribution in [0.5, 0.6) is 0 Å². The number of fused-ring (bicyclic) bond motifs is 1. The summed E-state index contributed by atoms with van der Waals surface area (Å²) in [5.41, 5.74) is 3.59. The lowest BCUT2D eigenvalue weighted by atomic mass is 9.78. The molecular formula is C24H30BN3O2. The van der Waals surface area contributed by atoms with Crippen LogP contribution in [-0.4, -0.2) is 28.3 Å². The van der Waals surface area contributed by atoms with Crippen LogP contribution in [-0.2, 0) is 9.31 Å². The first kappa shape index (κ1) is 20.8. The molecule has 1 aromatic heterocycles. The second kappa shape index (κ2) is 7.36. The van der Waals surface area contributed by atoms with Gasteiger partial charge in [0.05, 0.1) is 16.7 Å². The monoisotopic (exact) mass is 403 g/mol. The number of benzene rings is 2. The number of hydrogen-bond acceptors (Lipinski definition) is 5. The highest BCUT2D eigenvalue weighted by Crippen LogP contribution is 2.36. The van der Waals surface area contributed by atoms with Gasteiger partial charge in [-0.1, -0.05) is 35.9 Å². The summed E-state index contributed by atoms with van der Waals surface area (Å²) in [5, 5.41) is 4.55. The van der Waals surface area contributed by atoms with Gasteiger partial charge in [0.15, 0.2) is 0 Å². The Morgan fingerprint density at radius 2 is 1.63 bits per heavy atom. The van der Waals surface area contributed by atoms with E-state index in [1.54, 1.807) is 0 Å². The molecule has 1 N–H and O–H groups in total. The molecule has 2 aromatic carbocycles. The van der Waals surface area contributed by atoms with Crippen LogP contribution in [0.4, 0.5) is 5.82 Å². The van der Waals surface area contributed by atoms with Crippen molar-refractivity contribution in [2.45, 2.75) is 65.7 Å². The summed E-state index contributed by atoms with van der Waals surface area (Å²) in [4.78, 5) is 9.33. The predicted octanol–water partition coefficient (Wildman–Crippen LogP) is 4.72. The van der Waals surface area contributed by atoms with Crippen molar-refractivity contribution in [3.05, 3.63) is 59.4 Å². The van der Waals surface area contributed by atoms with Gasteiger partial charge in [-0.25, -0.2) is 9.97 Å². The van der Waals surface area contributed by atoms with Crippen molar-refractivity contribution in [2.24, 2.45) is 0 Å². The van der Waals surface area contributed by atoms with Crippen LogP contribution < -0.4 is 10.8 Å². The van der Waals surface area contributed by atoms with Crippen LogP contribution in [0.25, 0.3) is 10.9 Å². The Labute approximate surface area is 179 Å². The van der Waals surface area contributed by atoms with Gasteiger partial charge in [-0.05, 0) is 71.6 Å². The first-order valence-electron chi connectivity index (χ1n) is 10.5. The highest BCUT2D eigenvalue weighted by molar-refractivity contribution is 6.62. The largest absolute Gasteiger partial charge is 0.494 e. The van der Waals surface area contributed by atoms with Crippen molar-refractivity contribution in [1.29, 1.82) is 0 Å². The van der Waals surface area contributed by atoms with Gasteiger partial charge in [-0.2, -0.15) is 0 Å². The molecular weight excluding hydrogens is 373 g/mol. The highest BCUT2D eigenvalue weighted by atomic mass is 16.7. The van der Waals surface area contributed by atoms with Crippen LogP contribution in [0.2, 0.25) is 0 Å². The molecule has 1 saturated heterocycles. The third-order valence-corrected chi connectivity index (χ3v) is 6.25. The number of hydrogen-bond donors (Lipinski definition) is 1. The molecule has 30 heavy (non-hydrogen) atoms. The van der Waals surface area contributed by atoms with E-state index in [9.17, 15) is 0 Å². The first-order valence-corrected chi connectivity index (χ1v) is 10.5. The van der Waals surface area contributed by atoms with Gasteiger partial charge in [0.1, 0.15) is 11.6 Å². The molecule has 0 amide bonds. The Bertz CT molecular complexity index is 1080. The second-order valence-corrected chi connectivity index (χ2v) is 9.26. The standard InChI is InChI=1S/C24H30BN3O2/c1-15-9-8-10-18(13-15)16(2)26-22-20-14-19(11-12-21(20)27-17(3)28-22)25-29-23(4,5)24(6,7)30-25/h8-14,16H,1-7H3,(H,26,27,28)/t16-/m1/s1. The van der Waals surface area contributed by atoms with Gasteiger partial charge in [0.25, 0.3) is 0 Å². The van der Waals surface area contributed by atoms with Crippen molar-refractivity contribution < 1.29 is 9.31 Å². The Kier molecular flexibility index (Phi) is 5.11. The van der Waals surface area contributed by atoms with Crippen molar-refractivity contribution in [3.63, 3.8) is 0 Å². The number of aromatic nitrogens is 2. The zero-order valence-corrected chi connectivity index (χ0v) is 18.9. The summed E-state index contributed by atoms with van der Waals surface area (Å²) >= 11 is 0. The third-order valence-electron chi connectivity index (χ3n) is 6.25.